The number of rotatable bonds is 2. The molecule has 0 aliphatic carbocycles. The largest absolute Gasteiger partial charge is 0.364 e. The van der Waals surface area contributed by atoms with Gasteiger partial charge in [0.05, 0.1) is 4.70 Å². The highest BCUT2D eigenvalue weighted by Crippen LogP contribution is 2.24. The van der Waals surface area contributed by atoms with Gasteiger partial charge in [-0.15, -0.1) is 11.3 Å². The number of primary amides is 1. The fourth-order valence-electron chi connectivity index (χ4n) is 1.18. The summed E-state index contributed by atoms with van der Waals surface area (Å²) in [4.78, 5) is 25.3. The van der Waals surface area contributed by atoms with Crippen LogP contribution in [-0.2, 0) is 0 Å². The van der Waals surface area contributed by atoms with Crippen LogP contribution in [0.1, 0.15) is 20.8 Å². The van der Waals surface area contributed by atoms with Crippen molar-refractivity contribution in [2.24, 2.45) is 5.73 Å². The van der Waals surface area contributed by atoms with Crippen LogP contribution < -0.4 is 5.73 Å². The lowest BCUT2D eigenvalue weighted by molar-refractivity contribution is 0.0995. The molecule has 2 aromatic heterocycles. The van der Waals surface area contributed by atoms with Crippen LogP contribution in [0.25, 0.3) is 10.1 Å². The average molecular weight is 206 g/mol. The van der Waals surface area contributed by atoms with Gasteiger partial charge in [0, 0.05) is 22.5 Å². The number of thiophene rings is 1. The molecule has 70 valence electrons. The number of aromatic nitrogens is 1. The highest BCUT2D eigenvalue weighted by atomic mass is 32.1. The van der Waals surface area contributed by atoms with Crippen molar-refractivity contribution in [2.45, 2.75) is 0 Å². The van der Waals surface area contributed by atoms with E-state index in [1.165, 1.54) is 17.4 Å². The third-order valence-electron chi connectivity index (χ3n) is 1.87. The first-order valence-corrected chi connectivity index (χ1v) is 4.72. The van der Waals surface area contributed by atoms with Crippen LogP contribution in [0, 0.1) is 0 Å². The topological polar surface area (TPSA) is 73.1 Å². The molecule has 2 N–H and O–H groups in total. The van der Waals surface area contributed by atoms with E-state index in [0.29, 0.717) is 5.56 Å². The first kappa shape index (κ1) is 8.83. The van der Waals surface area contributed by atoms with Gasteiger partial charge < -0.3 is 5.73 Å². The molecule has 5 heteroatoms. The monoisotopic (exact) mass is 206 g/mol. The fourth-order valence-corrected chi connectivity index (χ4v) is 2.03. The zero-order valence-electron chi connectivity index (χ0n) is 7.06. The molecule has 0 radical (unpaired) electrons. The zero-order valence-corrected chi connectivity index (χ0v) is 7.88. The van der Waals surface area contributed by atoms with E-state index >= 15 is 0 Å². The van der Waals surface area contributed by atoms with Crippen molar-refractivity contribution in [3.63, 3.8) is 0 Å². The molecule has 0 saturated heterocycles. The van der Waals surface area contributed by atoms with Crippen LogP contribution in [0.3, 0.4) is 0 Å². The molecular formula is C9H6N2O2S. The third-order valence-corrected chi connectivity index (χ3v) is 2.82. The van der Waals surface area contributed by atoms with Gasteiger partial charge in [-0.3, -0.25) is 9.59 Å². The third kappa shape index (κ3) is 1.27. The summed E-state index contributed by atoms with van der Waals surface area (Å²) in [6, 6.07) is 1.54. The van der Waals surface area contributed by atoms with Gasteiger partial charge >= 0.3 is 0 Å². The van der Waals surface area contributed by atoms with Gasteiger partial charge in [-0.05, 0) is 6.07 Å². The van der Waals surface area contributed by atoms with Crippen molar-refractivity contribution in [2.75, 3.05) is 0 Å². The fraction of sp³-hybridized carbons (Fsp3) is 0. The SMILES string of the molecule is NC(=O)c1cc2c(C=O)csc2cn1. The summed E-state index contributed by atoms with van der Waals surface area (Å²) in [7, 11) is 0. The number of hydrogen-bond donors (Lipinski definition) is 1. The summed E-state index contributed by atoms with van der Waals surface area (Å²) in [5.74, 6) is -0.588. The van der Waals surface area contributed by atoms with Crippen molar-refractivity contribution in [1.29, 1.82) is 0 Å². The van der Waals surface area contributed by atoms with Crippen molar-refractivity contribution >= 4 is 33.6 Å². The second-order valence-electron chi connectivity index (χ2n) is 2.74. The van der Waals surface area contributed by atoms with Crippen LogP contribution in [0.15, 0.2) is 17.6 Å². The Kier molecular flexibility index (Phi) is 2.01. The molecule has 0 aliphatic rings. The van der Waals surface area contributed by atoms with E-state index in [4.69, 9.17) is 5.73 Å². The number of aldehydes is 1. The van der Waals surface area contributed by atoms with Crippen LogP contribution in [0.2, 0.25) is 0 Å². The minimum absolute atomic E-state index is 0.180. The lowest BCUT2D eigenvalue weighted by atomic mass is 10.2. The lowest BCUT2D eigenvalue weighted by Gasteiger charge is -1.94. The maximum absolute atomic E-state index is 10.8. The number of carbonyl (C=O) groups excluding carboxylic acids is 2. The number of pyridine rings is 1. The Morgan fingerprint density at radius 3 is 3.00 bits per heavy atom. The Hall–Kier alpha value is -1.75. The number of hydrogen-bond acceptors (Lipinski definition) is 4. The Morgan fingerprint density at radius 1 is 1.57 bits per heavy atom. The molecule has 2 aromatic rings. The minimum Gasteiger partial charge on any atom is -0.364 e. The maximum Gasteiger partial charge on any atom is 0.267 e. The van der Waals surface area contributed by atoms with Crippen LogP contribution in [0.4, 0.5) is 0 Å². The van der Waals surface area contributed by atoms with Crippen LogP contribution in [0.5, 0.6) is 0 Å². The Morgan fingerprint density at radius 2 is 2.36 bits per heavy atom. The van der Waals surface area contributed by atoms with E-state index in [1.807, 2.05) is 0 Å². The summed E-state index contributed by atoms with van der Waals surface area (Å²) in [6.45, 7) is 0. The molecule has 0 unspecified atom stereocenters. The van der Waals surface area contributed by atoms with E-state index in [2.05, 4.69) is 4.98 Å². The molecule has 0 atom stereocenters. The lowest BCUT2D eigenvalue weighted by Crippen LogP contribution is -2.12. The average Bonchev–Trinajstić information content (AvgIpc) is 2.59. The van der Waals surface area contributed by atoms with Gasteiger partial charge in [-0.1, -0.05) is 0 Å². The predicted octanol–water partition coefficient (Wildman–Crippen LogP) is 1.21. The first-order valence-electron chi connectivity index (χ1n) is 3.84. The van der Waals surface area contributed by atoms with Gasteiger partial charge in [0.25, 0.3) is 5.91 Å². The van der Waals surface area contributed by atoms with Gasteiger partial charge in [0.15, 0.2) is 6.29 Å². The summed E-state index contributed by atoms with van der Waals surface area (Å²) >= 11 is 1.41. The van der Waals surface area contributed by atoms with E-state index in [1.54, 1.807) is 11.6 Å². The number of fused-ring (bicyclic) bond motifs is 1. The van der Waals surface area contributed by atoms with Gasteiger partial charge in [0.1, 0.15) is 5.69 Å². The predicted molar refractivity (Wildman–Crippen MR) is 53.5 cm³/mol. The smallest absolute Gasteiger partial charge is 0.267 e. The number of carbonyl (C=O) groups is 2. The molecule has 0 fully saturated rings. The molecule has 0 aliphatic heterocycles. The van der Waals surface area contributed by atoms with E-state index in [9.17, 15) is 9.59 Å². The number of nitrogens with zero attached hydrogens (tertiary/aromatic N) is 1. The quantitative estimate of drug-likeness (QED) is 0.750. The number of amides is 1. The molecule has 0 aromatic carbocycles. The maximum atomic E-state index is 10.8. The summed E-state index contributed by atoms with van der Waals surface area (Å²) < 4.78 is 0.872. The van der Waals surface area contributed by atoms with Crippen molar-refractivity contribution in [3.8, 4) is 0 Å². The second kappa shape index (κ2) is 3.19. The zero-order chi connectivity index (χ0) is 10.1. The molecule has 1 amide bonds. The second-order valence-corrected chi connectivity index (χ2v) is 3.65. The van der Waals surface area contributed by atoms with Crippen LogP contribution in [-0.4, -0.2) is 17.2 Å². The van der Waals surface area contributed by atoms with Crippen LogP contribution >= 0.6 is 11.3 Å². The molecule has 2 heterocycles. The summed E-state index contributed by atoms with van der Waals surface area (Å²) in [5.41, 5.74) is 5.82. The highest BCUT2D eigenvalue weighted by molar-refractivity contribution is 7.17. The Labute approximate surface area is 83.4 Å². The standard InChI is InChI=1S/C9H6N2O2S/c10-9(13)7-1-6-5(3-12)4-14-8(6)2-11-7/h1-4H,(H2,10,13). The molecule has 14 heavy (non-hydrogen) atoms. The molecule has 2 rings (SSSR count). The summed E-state index contributed by atoms with van der Waals surface area (Å²) in [6.07, 6.45) is 2.30. The molecular weight excluding hydrogens is 200 g/mol. The van der Waals surface area contributed by atoms with Gasteiger partial charge in [-0.2, -0.15) is 0 Å². The molecule has 4 nitrogen and oxygen atoms in total. The molecule has 0 bridgehead atoms. The molecule has 0 spiro atoms. The van der Waals surface area contributed by atoms with E-state index in [0.717, 1.165) is 16.4 Å². The van der Waals surface area contributed by atoms with Gasteiger partial charge in [0.2, 0.25) is 0 Å². The normalized spacial score (nSPS) is 10.3. The number of nitrogens with two attached hydrogens (primary N) is 1. The van der Waals surface area contributed by atoms with Gasteiger partial charge in [-0.25, -0.2) is 4.98 Å². The van der Waals surface area contributed by atoms with Crippen molar-refractivity contribution in [3.05, 3.63) is 28.9 Å². The summed E-state index contributed by atoms with van der Waals surface area (Å²) in [5, 5.41) is 2.46. The highest BCUT2D eigenvalue weighted by Gasteiger charge is 2.07. The van der Waals surface area contributed by atoms with Crippen molar-refractivity contribution in [1.82, 2.24) is 4.98 Å². The Balaban J connectivity index is 2.73. The van der Waals surface area contributed by atoms with E-state index in [-0.39, 0.29) is 5.69 Å². The molecule has 0 saturated carbocycles. The van der Waals surface area contributed by atoms with E-state index < -0.39 is 5.91 Å². The van der Waals surface area contributed by atoms with Crippen molar-refractivity contribution < 1.29 is 9.59 Å². The Bertz CT molecular complexity index is 519. The first-order chi connectivity index (χ1) is 6.72. The minimum atomic E-state index is -0.588.